The van der Waals surface area contributed by atoms with E-state index in [1.54, 1.807) is 12.1 Å². The lowest BCUT2D eigenvalue weighted by Gasteiger charge is -2.26. The predicted octanol–water partition coefficient (Wildman–Crippen LogP) is 4.04. The Morgan fingerprint density at radius 1 is 1.15 bits per heavy atom. The standard InChI is InChI=1S/C22H26FN3/c1-15-4-9-21-18(12-15)19-13-25(3)11-10-22(19)26(21)14-20(24-2)16-5-7-17(23)8-6-16/h4-9,12,20,24H,10-11,13-14H2,1-3H3. The van der Waals surface area contributed by atoms with Crippen molar-refractivity contribution in [3.8, 4) is 0 Å². The molecule has 1 atom stereocenters. The third-order valence-corrected chi connectivity index (χ3v) is 5.59. The van der Waals surface area contributed by atoms with Crippen molar-refractivity contribution >= 4 is 10.9 Å². The molecule has 0 saturated heterocycles. The number of halogens is 1. The van der Waals surface area contributed by atoms with Crippen LogP contribution in [0, 0.1) is 12.7 Å². The number of hydrogen-bond acceptors (Lipinski definition) is 2. The van der Waals surface area contributed by atoms with Gasteiger partial charge < -0.3 is 14.8 Å². The number of rotatable bonds is 4. The summed E-state index contributed by atoms with van der Waals surface area (Å²) in [5, 5.41) is 4.79. The number of nitrogens with one attached hydrogen (secondary N) is 1. The van der Waals surface area contributed by atoms with Crippen molar-refractivity contribution in [1.29, 1.82) is 0 Å². The summed E-state index contributed by atoms with van der Waals surface area (Å²) in [5.41, 5.74) is 6.63. The monoisotopic (exact) mass is 351 g/mol. The van der Waals surface area contributed by atoms with Gasteiger partial charge >= 0.3 is 0 Å². The first-order valence-corrected chi connectivity index (χ1v) is 9.28. The van der Waals surface area contributed by atoms with E-state index in [0.29, 0.717) is 0 Å². The second kappa shape index (κ2) is 6.86. The van der Waals surface area contributed by atoms with Crippen LogP contribution in [0.2, 0.25) is 0 Å². The number of aryl methyl sites for hydroxylation is 1. The number of hydrogen-bond donors (Lipinski definition) is 1. The molecule has 4 rings (SSSR count). The van der Waals surface area contributed by atoms with Gasteiger partial charge in [-0.3, -0.25) is 0 Å². The fraction of sp³-hybridized carbons (Fsp3) is 0.364. The summed E-state index contributed by atoms with van der Waals surface area (Å²) < 4.78 is 15.8. The Bertz CT molecular complexity index is 927. The number of nitrogens with zero attached hydrogens (tertiary/aromatic N) is 2. The number of likely N-dealkylation sites (N-methyl/N-ethyl adjacent to an activating group) is 2. The van der Waals surface area contributed by atoms with Gasteiger partial charge in [-0.15, -0.1) is 0 Å². The zero-order chi connectivity index (χ0) is 18.3. The molecule has 1 aromatic heterocycles. The molecule has 4 heteroatoms. The maximum atomic E-state index is 13.3. The topological polar surface area (TPSA) is 20.2 Å². The van der Waals surface area contributed by atoms with Crippen LogP contribution < -0.4 is 5.32 Å². The largest absolute Gasteiger partial charge is 0.342 e. The Labute approximate surface area is 154 Å². The van der Waals surface area contributed by atoms with Crippen LogP contribution >= 0.6 is 0 Å². The van der Waals surface area contributed by atoms with E-state index < -0.39 is 0 Å². The van der Waals surface area contributed by atoms with E-state index in [2.05, 4.69) is 47.0 Å². The molecule has 1 aliphatic heterocycles. The second-order valence-electron chi connectivity index (χ2n) is 7.44. The van der Waals surface area contributed by atoms with Crippen molar-refractivity contribution < 1.29 is 4.39 Å². The Kier molecular flexibility index (Phi) is 4.55. The van der Waals surface area contributed by atoms with Crippen molar-refractivity contribution in [2.75, 3.05) is 20.6 Å². The van der Waals surface area contributed by atoms with Gasteiger partial charge in [-0.1, -0.05) is 23.8 Å². The summed E-state index contributed by atoms with van der Waals surface area (Å²) in [7, 11) is 4.17. The highest BCUT2D eigenvalue weighted by atomic mass is 19.1. The van der Waals surface area contributed by atoms with Gasteiger partial charge in [0.05, 0.1) is 0 Å². The van der Waals surface area contributed by atoms with Gasteiger partial charge in [-0.05, 0) is 56.4 Å². The summed E-state index contributed by atoms with van der Waals surface area (Å²) in [4.78, 5) is 2.39. The van der Waals surface area contributed by atoms with Gasteiger partial charge in [0.15, 0.2) is 0 Å². The molecular formula is C22H26FN3. The van der Waals surface area contributed by atoms with Gasteiger partial charge in [0.1, 0.15) is 5.82 Å². The highest BCUT2D eigenvalue weighted by molar-refractivity contribution is 5.86. The molecule has 0 aliphatic carbocycles. The van der Waals surface area contributed by atoms with Gasteiger partial charge in [-0.2, -0.15) is 0 Å². The van der Waals surface area contributed by atoms with Crippen LogP contribution in [0.4, 0.5) is 4.39 Å². The minimum Gasteiger partial charge on any atom is -0.342 e. The number of aromatic nitrogens is 1. The Morgan fingerprint density at radius 2 is 1.92 bits per heavy atom. The number of fused-ring (bicyclic) bond motifs is 3. The van der Waals surface area contributed by atoms with Gasteiger partial charge in [0.2, 0.25) is 0 Å². The molecule has 3 aromatic rings. The molecule has 0 saturated carbocycles. The molecule has 3 nitrogen and oxygen atoms in total. The smallest absolute Gasteiger partial charge is 0.123 e. The highest BCUT2D eigenvalue weighted by Crippen LogP contribution is 2.32. The average Bonchev–Trinajstić information content (AvgIpc) is 2.93. The minimum absolute atomic E-state index is 0.149. The fourth-order valence-corrected chi connectivity index (χ4v) is 4.15. The first-order chi connectivity index (χ1) is 12.6. The zero-order valence-electron chi connectivity index (χ0n) is 15.7. The Morgan fingerprint density at radius 3 is 2.65 bits per heavy atom. The van der Waals surface area contributed by atoms with Crippen LogP contribution in [0.15, 0.2) is 42.5 Å². The Hall–Kier alpha value is -2.17. The molecule has 1 unspecified atom stereocenters. The molecule has 2 heterocycles. The molecule has 26 heavy (non-hydrogen) atoms. The first kappa shape index (κ1) is 17.3. The summed E-state index contributed by atoms with van der Waals surface area (Å²) in [6.07, 6.45) is 1.07. The summed E-state index contributed by atoms with van der Waals surface area (Å²) in [5.74, 6) is -0.189. The summed E-state index contributed by atoms with van der Waals surface area (Å²) >= 11 is 0. The lowest BCUT2D eigenvalue weighted by Crippen LogP contribution is -2.29. The van der Waals surface area contributed by atoms with Crippen LogP contribution in [0.1, 0.15) is 28.4 Å². The Balaban J connectivity index is 1.79. The van der Waals surface area contributed by atoms with Crippen molar-refractivity contribution in [2.24, 2.45) is 0 Å². The zero-order valence-corrected chi connectivity index (χ0v) is 15.7. The molecule has 1 aliphatic rings. The van der Waals surface area contributed by atoms with E-state index in [4.69, 9.17) is 0 Å². The van der Waals surface area contributed by atoms with Gasteiger partial charge in [-0.25, -0.2) is 4.39 Å². The lowest BCUT2D eigenvalue weighted by molar-refractivity contribution is 0.308. The van der Waals surface area contributed by atoms with E-state index in [-0.39, 0.29) is 11.9 Å². The maximum absolute atomic E-state index is 13.3. The molecule has 0 bridgehead atoms. The SMILES string of the molecule is CNC(Cn1c2c(c3cc(C)ccc31)CN(C)CC2)c1ccc(F)cc1. The maximum Gasteiger partial charge on any atom is 0.123 e. The van der Waals surface area contributed by atoms with Gasteiger partial charge in [0, 0.05) is 48.7 Å². The van der Waals surface area contributed by atoms with Crippen LogP contribution in [0.5, 0.6) is 0 Å². The van der Waals surface area contributed by atoms with Crippen molar-refractivity contribution in [1.82, 2.24) is 14.8 Å². The van der Waals surface area contributed by atoms with Gasteiger partial charge in [0.25, 0.3) is 0 Å². The molecule has 0 fully saturated rings. The third kappa shape index (κ3) is 3.04. The van der Waals surface area contributed by atoms with Crippen LogP contribution in [-0.2, 0) is 19.5 Å². The fourth-order valence-electron chi connectivity index (χ4n) is 4.15. The third-order valence-electron chi connectivity index (χ3n) is 5.59. The molecule has 1 N–H and O–H groups in total. The quantitative estimate of drug-likeness (QED) is 0.766. The minimum atomic E-state index is -0.189. The first-order valence-electron chi connectivity index (χ1n) is 9.28. The second-order valence-corrected chi connectivity index (χ2v) is 7.44. The van der Waals surface area contributed by atoms with Crippen LogP contribution in [0.25, 0.3) is 10.9 Å². The summed E-state index contributed by atoms with van der Waals surface area (Å²) in [6, 6.07) is 13.8. The molecule has 136 valence electrons. The lowest BCUT2D eigenvalue weighted by atomic mass is 10.0. The van der Waals surface area contributed by atoms with Crippen molar-refractivity contribution in [3.05, 3.63) is 70.7 Å². The van der Waals surface area contributed by atoms with Crippen LogP contribution in [-0.4, -0.2) is 30.1 Å². The molecule has 2 aromatic carbocycles. The van der Waals surface area contributed by atoms with E-state index in [1.165, 1.54) is 27.7 Å². The molecular weight excluding hydrogens is 325 g/mol. The molecule has 0 amide bonds. The number of benzene rings is 2. The predicted molar refractivity (Wildman–Crippen MR) is 105 cm³/mol. The van der Waals surface area contributed by atoms with E-state index in [9.17, 15) is 4.39 Å². The summed E-state index contributed by atoms with van der Waals surface area (Å²) in [6.45, 7) is 5.09. The van der Waals surface area contributed by atoms with Crippen molar-refractivity contribution in [3.63, 3.8) is 0 Å². The highest BCUT2D eigenvalue weighted by Gasteiger charge is 2.24. The van der Waals surface area contributed by atoms with E-state index in [1.807, 2.05) is 19.2 Å². The normalized spacial score (nSPS) is 16.0. The van der Waals surface area contributed by atoms with Crippen molar-refractivity contribution in [2.45, 2.75) is 32.5 Å². The van der Waals surface area contributed by atoms with E-state index >= 15 is 0 Å². The van der Waals surface area contributed by atoms with Crippen LogP contribution in [0.3, 0.4) is 0 Å². The molecule has 0 radical (unpaired) electrons. The molecule has 0 spiro atoms. The van der Waals surface area contributed by atoms with E-state index in [0.717, 1.165) is 31.6 Å². The average molecular weight is 351 g/mol.